The number of fused-ring (bicyclic) bond motifs is 1. The van der Waals surface area contributed by atoms with Gasteiger partial charge in [-0.15, -0.1) is 0 Å². The van der Waals surface area contributed by atoms with E-state index in [0.29, 0.717) is 17.0 Å². The molecule has 0 aliphatic carbocycles. The van der Waals surface area contributed by atoms with Gasteiger partial charge in [-0.3, -0.25) is 4.79 Å². The molecular weight excluding hydrogens is 466 g/mol. The van der Waals surface area contributed by atoms with Gasteiger partial charge in [0.05, 0.1) is 6.61 Å². The minimum atomic E-state index is -1.35. The van der Waals surface area contributed by atoms with E-state index in [4.69, 9.17) is 19.6 Å². The molecule has 0 radical (unpaired) electrons. The van der Waals surface area contributed by atoms with Gasteiger partial charge < -0.3 is 24.7 Å². The number of benzene rings is 2. The number of hydrogen-bond acceptors (Lipinski definition) is 6. The predicted molar refractivity (Wildman–Crippen MR) is 104 cm³/mol. The van der Waals surface area contributed by atoms with Gasteiger partial charge in [0.25, 0.3) is 5.91 Å². The van der Waals surface area contributed by atoms with Crippen molar-refractivity contribution in [2.24, 2.45) is 5.73 Å². The van der Waals surface area contributed by atoms with Crippen molar-refractivity contribution >= 4 is 21.8 Å². The standard InChI is InChI=1S/C20H15BrF2N2O5/c21-18-17(10-1-3-13-9(7-10)5-6-28-13)25-20(30-18)12(26)8-29-14-4-2-11(22)15(16(14)23)19(24)27/h1-4,7,12,26H,5-6,8H2,(H2,24,27). The average molecular weight is 481 g/mol. The zero-order valence-corrected chi connectivity index (χ0v) is 16.9. The minimum absolute atomic E-state index is 0.0636. The summed E-state index contributed by atoms with van der Waals surface area (Å²) in [7, 11) is 0. The van der Waals surface area contributed by atoms with E-state index in [1.807, 2.05) is 18.2 Å². The van der Waals surface area contributed by atoms with Crippen molar-refractivity contribution < 1.29 is 32.6 Å². The number of aliphatic hydroxyl groups is 1. The number of nitrogens with zero attached hydrogens (tertiary/aromatic N) is 1. The Labute approximate surface area is 177 Å². The van der Waals surface area contributed by atoms with Crippen molar-refractivity contribution in [3.63, 3.8) is 0 Å². The average Bonchev–Trinajstić information content (AvgIpc) is 3.32. The quantitative estimate of drug-likeness (QED) is 0.558. The summed E-state index contributed by atoms with van der Waals surface area (Å²) in [5.41, 5.74) is 6.35. The molecule has 0 saturated carbocycles. The van der Waals surface area contributed by atoms with Crippen LogP contribution in [0.15, 0.2) is 39.4 Å². The normalized spacial score (nSPS) is 13.6. The molecule has 3 aromatic rings. The lowest BCUT2D eigenvalue weighted by atomic mass is 10.1. The summed E-state index contributed by atoms with van der Waals surface area (Å²) in [6.45, 7) is 0.169. The third kappa shape index (κ3) is 3.75. The van der Waals surface area contributed by atoms with E-state index in [2.05, 4.69) is 20.9 Å². The molecule has 1 amide bonds. The van der Waals surface area contributed by atoms with Crippen molar-refractivity contribution in [3.05, 3.63) is 63.7 Å². The number of carbonyl (C=O) groups is 1. The van der Waals surface area contributed by atoms with E-state index < -0.39 is 41.6 Å². The van der Waals surface area contributed by atoms with Gasteiger partial charge in [-0.1, -0.05) is 0 Å². The Hall–Kier alpha value is -2.98. The number of hydrogen-bond donors (Lipinski definition) is 2. The maximum atomic E-state index is 14.2. The highest BCUT2D eigenvalue weighted by Gasteiger charge is 2.24. The van der Waals surface area contributed by atoms with E-state index in [-0.39, 0.29) is 5.89 Å². The van der Waals surface area contributed by atoms with Crippen LogP contribution in [-0.4, -0.2) is 29.2 Å². The smallest absolute Gasteiger partial charge is 0.254 e. The van der Waals surface area contributed by atoms with Crippen LogP contribution in [0, 0.1) is 11.6 Å². The maximum absolute atomic E-state index is 14.2. The molecule has 7 nitrogen and oxygen atoms in total. The first-order valence-corrected chi connectivity index (χ1v) is 9.65. The van der Waals surface area contributed by atoms with Gasteiger partial charge >= 0.3 is 0 Å². The molecule has 1 aliphatic rings. The van der Waals surface area contributed by atoms with Gasteiger partial charge in [0, 0.05) is 12.0 Å². The monoisotopic (exact) mass is 480 g/mol. The van der Waals surface area contributed by atoms with Gasteiger partial charge in [-0.05, 0) is 51.8 Å². The summed E-state index contributed by atoms with van der Waals surface area (Å²) in [6.07, 6.45) is -0.562. The van der Waals surface area contributed by atoms with E-state index in [1.165, 1.54) is 0 Å². The highest BCUT2D eigenvalue weighted by molar-refractivity contribution is 9.10. The Bertz CT molecular complexity index is 1130. The lowest BCUT2D eigenvalue weighted by molar-refractivity contribution is 0.0811. The number of aromatic nitrogens is 1. The van der Waals surface area contributed by atoms with Crippen LogP contribution in [0.1, 0.15) is 27.9 Å². The zero-order chi connectivity index (χ0) is 21.4. The van der Waals surface area contributed by atoms with Crippen LogP contribution in [0.25, 0.3) is 11.3 Å². The lowest BCUT2D eigenvalue weighted by Gasteiger charge is -2.11. The van der Waals surface area contributed by atoms with Crippen molar-refractivity contribution in [1.82, 2.24) is 4.98 Å². The number of aliphatic hydroxyl groups excluding tert-OH is 1. The largest absolute Gasteiger partial charge is 0.493 e. The summed E-state index contributed by atoms with van der Waals surface area (Å²) in [5.74, 6) is -3.29. The van der Waals surface area contributed by atoms with E-state index in [1.54, 1.807) is 0 Å². The molecule has 1 atom stereocenters. The molecule has 10 heteroatoms. The van der Waals surface area contributed by atoms with E-state index >= 15 is 0 Å². The number of oxazole rings is 1. The predicted octanol–water partition coefficient (Wildman–Crippen LogP) is 3.53. The van der Waals surface area contributed by atoms with Crippen molar-refractivity contribution in [1.29, 1.82) is 0 Å². The molecule has 2 heterocycles. The van der Waals surface area contributed by atoms with Crippen LogP contribution in [0.2, 0.25) is 0 Å². The third-order valence-electron chi connectivity index (χ3n) is 4.55. The lowest BCUT2D eigenvalue weighted by Crippen LogP contribution is -2.17. The van der Waals surface area contributed by atoms with Gasteiger partial charge in [0.2, 0.25) is 5.89 Å². The van der Waals surface area contributed by atoms with Gasteiger partial charge in [0.15, 0.2) is 22.3 Å². The molecule has 3 N–H and O–H groups in total. The van der Waals surface area contributed by atoms with Crippen LogP contribution in [0.5, 0.6) is 11.5 Å². The minimum Gasteiger partial charge on any atom is -0.493 e. The molecule has 0 saturated heterocycles. The Morgan fingerprint density at radius 2 is 2.13 bits per heavy atom. The van der Waals surface area contributed by atoms with Gasteiger partial charge in [0.1, 0.15) is 29.4 Å². The SMILES string of the molecule is NC(=O)c1c(F)ccc(OCC(O)c2nc(-c3ccc4c(c3)CCO4)c(Br)o2)c1F. The number of halogens is 3. The summed E-state index contributed by atoms with van der Waals surface area (Å²) in [5, 5.41) is 10.3. The van der Waals surface area contributed by atoms with Crippen molar-refractivity contribution in [2.45, 2.75) is 12.5 Å². The molecule has 1 aromatic heterocycles. The molecule has 4 rings (SSSR count). The Morgan fingerprint density at radius 3 is 2.90 bits per heavy atom. The number of rotatable bonds is 6. The summed E-state index contributed by atoms with van der Waals surface area (Å²) < 4.78 is 44.2. The molecule has 0 fully saturated rings. The molecule has 1 unspecified atom stereocenters. The highest BCUT2D eigenvalue weighted by atomic mass is 79.9. The van der Waals surface area contributed by atoms with E-state index in [0.717, 1.165) is 35.4 Å². The van der Waals surface area contributed by atoms with Crippen molar-refractivity contribution in [3.8, 4) is 22.8 Å². The van der Waals surface area contributed by atoms with Crippen LogP contribution >= 0.6 is 15.9 Å². The highest BCUT2D eigenvalue weighted by Crippen LogP contribution is 2.35. The summed E-state index contributed by atoms with van der Waals surface area (Å²) >= 11 is 3.28. The second kappa shape index (κ2) is 8.04. The molecule has 0 spiro atoms. The van der Waals surface area contributed by atoms with Crippen LogP contribution in [-0.2, 0) is 6.42 Å². The van der Waals surface area contributed by atoms with Gasteiger partial charge in [-0.2, -0.15) is 0 Å². The summed E-state index contributed by atoms with van der Waals surface area (Å²) in [4.78, 5) is 15.5. The molecule has 2 aromatic carbocycles. The van der Waals surface area contributed by atoms with Gasteiger partial charge in [-0.25, -0.2) is 13.8 Å². The Balaban J connectivity index is 1.51. The first-order chi connectivity index (χ1) is 14.3. The summed E-state index contributed by atoms with van der Waals surface area (Å²) in [6, 6.07) is 7.43. The van der Waals surface area contributed by atoms with Crippen LogP contribution in [0.4, 0.5) is 8.78 Å². The second-order valence-electron chi connectivity index (χ2n) is 6.52. The molecule has 0 bridgehead atoms. The fraction of sp³-hybridized carbons (Fsp3) is 0.200. The second-order valence-corrected chi connectivity index (χ2v) is 7.24. The molecule has 30 heavy (non-hydrogen) atoms. The number of carbonyl (C=O) groups excluding carboxylic acids is 1. The number of nitrogens with two attached hydrogens (primary N) is 1. The fourth-order valence-corrected chi connectivity index (χ4v) is 3.57. The van der Waals surface area contributed by atoms with Crippen LogP contribution < -0.4 is 15.2 Å². The number of amides is 1. The maximum Gasteiger partial charge on any atom is 0.254 e. The fourth-order valence-electron chi connectivity index (χ4n) is 3.08. The molecule has 1 aliphatic heterocycles. The zero-order valence-electron chi connectivity index (χ0n) is 15.3. The molecular formula is C20H15BrF2N2O5. The Kier molecular flexibility index (Phi) is 5.44. The number of primary amides is 1. The number of ether oxygens (including phenoxy) is 2. The van der Waals surface area contributed by atoms with E-state index in [9.17, 15) is 18.7 Å². The first-order valence-electron chi connectivity index (χ1n) is 8.86. The van der Waals surface area contributed by atoms with Crippen LogP contribution in [0.3, 0.4) is 0 Å². The first kappa shape index (κ1) is 20.3. The molecule has 156 valence electrons. The van der Waals surface area contributed by atoms with Crippen molar-refractivity contribution in [2.75, 3.05) is 13.2 Å². The topological polar surface area (TPSA) is 108 Å². The third-order valence-corrected chi connectivity index (χ3v) is 5.09. The Morgan fingerprint density at radius 1 is 1.33 bits per heavy atom.